The SMILES string of the molecule is CN1CCC(C(=O)c2cccc(C3(NC=O)CCC3)n2)CC1. The first-order valence-electron chi connectivity index (χ1n) is 8.06. The number of ketones is 1. The van der Waals surface area contributed by atoms with Gasteiger partial charge in [-0.2, -0.15) is 0 Å². The number of piperidine rings is 1. The Kier molecular flexibility index (Phi) is 4.25. The lowest BCUT2D eigenvalue weighted by Crippen LogP contribution is -2.48. The van der Waals surface area contributed by atoms with Gasteiger partial charge < -0.3 is 10.2 Å². The molecular weight excluding hydrogens is 278 g/mol. The van der Waals surface area contributed by atoms with Crippen LogP contribution in [0.5, 0.6) is 0 Å². The van der Waals surface area contributed by atoms with Crippen LogP contribution in [0, 0.1) is 5.92 Å². The van der Waals surface area contributed by atoms with Crippen LogP contribution in [0.4, 0.5) is 0 Å². The standard InChI is InChI=1S/C17H23N3O2/c1-20-10-6-13(7-11-20)16(22)14-4-2-5-15(19-14)17(18-12-21)8-3-9-17/h2,4-5,12-13H,3,6-11H2,1H3,(H,18,21). The van der Waals surface area contributed by atoms with Crippen molar-refractivity contribution >= 4 is 12.2 Å². The highest BCUT2D eigenvalue weighted by Gasteiger charge is 2.40. The van der Waals surface area contributed by atoms with Gasteiger partial charge in [0.2, 0.25) is 6.41 Å². The maximum absolute atomic E-state index is 12.7. The molecule has 2 fully saturated rings. The number of rotatable bonds is 5. The van der Waals surface area contributed by atoms with Crippen molar-refractivity contribution in [2.75, 3.05) is 20.1 Å². The molecule has 5 heteroatoms. The highest BCUT2D eigenvalue weighted by molar-refractivity contribution is 5.96. The second-order valence-corrected chi connectivity index (χ2v) is 6.55. The van der Waals surface area contributed by atoms with Gasteiger partial charge in [0, 0.05) is 5.92 Å². The molecule has 1 aromatic heterocycles. The fourth-order valence-electron chi connectivity index (χ4n) is 3.44. The fourth-order valence-corrected chi connectivity index (χ4v) is 3.44. The molecule has 5 nitrogen and oxygen atoms in total. The van der Waals surface area contributed by atoms with Gasteiger partial charge in [-0.15, -0.1) is 0 Å². The number of pyridine rings is 1. The second-order valence-electron chi connectivity index (χ2n) is 6.55. The normalized spacial score (nSPS) is 21.9. The maximum atomic E-state index is 12.7. The zero-order valence-corrected chi connectivity index (χ0v) is 13.0. The molecule has 22 heavy (non-hydrogen) atoms. The third-order valence-electron chi connectivity index (χ3n) is 5.12. The van der Waals surface area contributed by atoms with E-state index in [1.165, 1.54) is 0 Å². The van der Waals surface area contributed by atoms with E-state index in [2.05, 4.69) is 22.2 Å². The third-order valence-corrected chi connectivity index (χ3v) is 5.12. The Balaban J connectivity index is 1.79. The van der Waals surface area contributed by atoms with Gasteiger partial charge in [0.25, 0.3) is 0 Å². The Morgan fingerprint density at radius 3 is 2.68 bits per heavy atom. The Labute approximate surface area is 131 Å². The van der Waals surface area contributed by atoms with E-state index >= 15 is 0 Å². The number of likely N-dealkylation sites (tertiary alicyclic amines) is 1. The van der Waals surface area contributed by atoms with Crippen LogP contribution >= 0.6 is 0 Å². The van der Waals surface area contributed by atoms with Gasteiger partial charge in [-0.25, -0.2) is 4.98 Å². The first-order valence-corrected chi connectivity index (χ1v) is 8.06. The predicted octanol–water partition coefficient (Wildman–Crippen LogP) is 1.73. The van der Waals surface area contributed by atoms with Crippen LogP contribution in [-0.4, -0.2) is 42.2 Å². The number of hydrogen-bond acceptors (Lipinski definition) is 4. The number of nitrogens with zero attached hydrogens (tertiary/aromatic N) is 2. The van der Waals surface area contributed by atoms with Crippen LogP contribution in [0.1, 0.15) is 48.3 Å². The van der Waals surface area contributed by atoms with Crippen molar-refractivity contribution in [2.45, 2.75) is 37.6 Å². The van der Waals surface area contributed by atoms with Crippen LogP contribution < -0.4 is 5.32 Å². The first kappa shape index (κ1) is 15.2. The summed E-state index contributed by atoms with van der Waals surface area (Å²) in [6.45, 7) is 1.93. The number of nitrogens with one attached hydrogen (secondary N) is 1. The van der Waals surface area contributed by atoms with E-state index in [-0.39, 0.29) is 17.2 Å². The minimum atomic E-state index is -0.356. The molecule has 1 saturated carbocycles. The average molecular weight is 301 g/mol. The van der Waals surface area contributed by atoms with Crippen molar-refractivity contribution in [3.05, 3.63) is 29.6 Å². The molecule has 3 rings (SSSR count). The van der Waals surface area contributed by atoms with Crippen LogP contribution in [0.15, 0.2) is 18.2 Å². The van der Waals surface area contributed by atoms with E-state index in [4.69, 9.17) is 0 Å². The monoisotopic (exact) mass is 301 g/mol. The van der Waals surface area contributed by atoms with E-state index in [0.717, 1.165) is 57.3 Å². The predicted molar refractivity (Wildman–Crippen MR) is 83.5 cm³/mol. The lowest BCUT2D eigenvalue weighted by atomic mass is 9.74. The second kappa shape index (κ2) is 6.16. The Bertz CT molecular complexity index is 561. The van der Waals surface area contributed by atoms with Crippen molar-refractivity contribution in [3.8, 4) is 0 Å². The first-order chi connectivity index (χ1) is 10.6. The largest absolute Gasteiger partial charge is 0.348 e. The smallest absolute Gasteiger partial charge is 0.207 e. The molecule has 0 radical (unpaired) electrons. The molecule has 1 aliphatic heterocycles. The molecule has 2 heterocycles. The lowest BCUT2D eigenvalue weighted by Gasteiger charge is -2.41. The number of carbonyl (C=O) groups excluding carboxylic acids is 2. The van der Waals surface area contributed by atoms with Crippen molar-refractivity contribution in [1.82, 2.24) is 15.2 Å². The molecule has 0 atom stereocenters. The van der Waals surface area contributed by atoms with E-state index in [0.29, 0.717) is 5.69 Å². The summed E-state index contributed by atoms with van der Waals surface area (Å²) in [5, 5.41) is 2.90. The summed E-state index contributed by atoms with van der Waals surface area (Å²) >= 11 is 0. The summed E-state index contributed by atoms with van der Waals surface area (Å²) in [5.74, 6) is 0.228. The molecule has 0 unspecified atom stereocenters. The summed E-state index contributed by atoms with van der Waals surface area (Å²) in [5.41, 5.74) is 1.01. The highest BCUT2D eigenvalue weighted by Crippen LogP contribution is 2.40. The lowest BCUT2D eigenvalue weighted by molar-refractivity contribution is -0.112. The number of aromatic nitrogens is 1. The highest BCUT2D eigenvalue weighted by atomic mass is 16.1. The Hall–Kier alpha value is -1.75. The number of carbonyl (C=O) groups is 2. The van der Waals surface area contributed by atoms with Gasteiger partial charge in [0.15, 0.2) is 5.78 Å². The molecule has 1 saturated heterocycles. The van der Waals surface area contributed by atoms with Crippen LogP contribution in [0.2, 0.25) is 0 Å². The van der Waals surface area contributed by atoms with Gasteiger partial charge in [-0.3, -0.25) is 9.59 Å². The molecule has 0 bridgehead atoms. The summed E-state index contributed by atoms with van der Waals surface area (Å²) in [6, 6.07) is 5.61. The quantitative estimate of drug-likeness (QED) is 0.664. The van der Waals surface area contributed by atoms with Crippen molar-refractivity contribution < 1.29 is 9.59 Å². The molecular formula is C17H23N3O2. The zero-order chi connectivity index (χ0) is 15.6. The minimum Gasteiger partial charge on any atom is -0.348 e. The zero-order valence-electron chi connectivity index (χ0n) is 13.0. The van der Waals surface area contributed by atoms with Crippen LogP contribution in [0.3, 0.4) is 0 Å². The van der Waals surface area contributed by atoms with E-state index in [9.17, 15) is 9.59 Å². The fraction of sp³-hybridized carbons (Fsp3) is 0.588. The topological polar surface area (TPSA) is 62.3 Å². The van der Waals surface area contributed by atoms with Gasteiger partial charge in [-0.05, 0) is 64.4 Å². The maximum Gasteiger partial charge on any atom is 0.207 e. The van der Waals surface area contributed by atoms with Gasteiger partial charge >= 0.3 is 0 Å². The molecule has 0 spiro atoms. The van der Waals surface area contributed by atoms with Crippen LogP contribution in [-0.2, 0) is 10.3 Å². The number of amides is 1. The van der Waals surface area contributed by atoms with E-state index < -0.39 is 0 Å². The Morgan fingerprint density at radius 1 is 1.36 bits per heavy atom. The molecule has 0 aromatic carbocycles. The summed E-state index contributed by atoms with van der Waals surface area (Å²) in [7, 11) is 2.09. The Morgan fingerprint density at radius 2 is 2.09 bits per heavy atom. The minimum absolute atomic E-state index is 0.0790. The van der Waals surface area contributed by atoms with Crippen molar-refractivity contribution in [3.63, 3.8) is 0 Å². The van der Waals surface area contributed by atoms with Crippen LogP contribution in [0.25, 0.3) is 0 Å². The van der Waals surface area contributed by atoms with Crippen molar-refractivity contribution in [2.24, 2.45) is 5.92 Å². The van der Waals surface area contributed by atoms with Gasteiger partial charge in [-0.1, -0.05) is 6.07 Å². The van der Waals surface area contributed by atoms with Gasteiger partial charge in [0.1, 0.15) is 5.69 Å². The number of hydrogen-bond donors (Lipinski definition) is 1. The molecule has 2 aliphatic rings. The van der Waals surface area contributed by atoms with Crippen molar-refractivity contribution in [1.29, 1.82) is 0 Å². The summed E-state index contributed by atoms with van der Waals surface area (Å²) in [6.07, 6.45) is 5.41. The average Bonchev–Trinajstić information content (AvgIpc) is 2.51. The van der Waals surface area contributed by atoms with Gasteiger partial charge in [0.05, 0.1) is 11.2 Å². The summed E-state index contributed by atoms with van der Waals surface area (Å²) < 4.78 is 0. The van der Waals surface area contributed by atoms with E-state index in [1.807, 2.05) is 12.1 Å². The van der Waals surface area contributed by atoms with E-state index in [1.54, 1.807) is 6.07 Å². The third kappa shape index (κ3) is 2.77. The molecule has 1 aromatic rings. The molecule has 1 N–H and O–H groups in total. The summed E-state index contributed by atoms with van der Waals surface area (Å²) in [4.78, 5) is 30.4. The molecule has 1 aliphatic carbocycles. The molecule has 1 amide bonds. The molecule has 118 valence electrons. The number of Topliss-reactive ketones (excluding diaryl/α,β-unsaturated/α-hetero) is 1.